The number of likely N-dealkylation sites (tertiary alicyclic amines) is 1. The first-order valence-electron chi connectivity index (χ1n) is 9.01. The van der Waals surface area contributed by atoms with Crippen LogP contribution in [0.2, 0.25) is 0 Å². The number of nitrogens with zero attached hydrogens (tertiary/aromatic N) is 2. The molecule has 0 spiro atoms. The first-order valence-corrected chi connectivity index (χ1v) is 9.01. The highest BCUT2D eigenvalue weighted by molar-refractivity contribution is 5.95. The molecule has 0 bridgehead atoms. The molecule has 2 fully saturated rings. The van der Waals surface area contributed by atoms with Gasteiger partial charge in [0.05, 0.1) is 33.4 Å². The van der Waals surface area contributed by atoms with Crippen molar-refractivity contribution in [3.63, 3.8) is 0 Å². The third kappa shape index (κ3) is 4.09. The molecule has 0 aliphatic carbocycles. The van der Waals surface area contributed by atoms with E-state index in [0.29, 0.717) is 56.5 Å². The standard InChI is InChI=1S/C19H26N2O5/c1-24-16-10-15(11-17(12-16)25-2)19(23)21-5-3-4-14(13-21)18(22)20-6-8-26-9-7-20/h10-12,14H,3-9,13H2,1-2H3. The van der Waals surface area contributed by atoms with Crippen LogP contribution in [0.1, 0.15) is 23.2 Å². The molecule has 26 heavy (non-hydrogen) atoms. The monoisotopic (exact) mass is 362 g/mol. The Morgan fingerprint density at radius 3 is 2.27 bits per heavy atom. The van der Waals surface area contributed by atoms with Crippen molar-refractivity contribution < 1.29 is 23.8 Å². The summed E-state index contributed by atoms with van der Waals surface area (Å²) in [7, 11) is 3.11. The highest BCUT2D eigenvalue weighted by Crippen LogP contribution is 2.26. The number of morpholine rings is 1. The Morgan fingerprint density at radius 1 is 1.00 bits per heavy atom. The molecule has 2 heterocycles. The molecule has 2 saturated heterocycles. The SMILES string of the molecule is COc1cc(OC)cc(C(=O)N2CCCC(C(=O)N3CCOCC3)C2)c1. The van der Waals surface area contributed by atoms with Gasteiger partial charge in [0.25, 0.3) is 5.91 Å². The van der Waals surface area contributed by atoms with Crippen LogP contribution < -0.4 is 9.47 Å². The molecule has 1 atom stereocenters. The van der Waals surface area contributed by atoms with E-state index in [-0.39, 0.29) is 17.7 Å². The summed E-state index contributed by atoms with van der Waals surface area (Å²) in [5.41, 5.74) is 0.515. The lowest BCUT2D eigenvalue weighted by Gasteiger charge is -2.36. The molecule has 142 valence electrons. The van der Waals surface area contributed by atoms with Crippen LogP contribution in [0, 0.1) is 5.92 Å². The minimum Gasteiger partial charge on any atom is -0.497 e. The number of piperidine rings is 1. The molecule has 1 aromatic rings. The highest BCUT2D eigenvalue weighted by Gasteiger charge is 2.32. The number of ether oxygens (including phenoxy) is 3. The van der Waals surface area contributed by atoms with E-state index >= 15 is 0 Å². The van der Waals surface area contributed by atoms with E-state index in [4.69, 9.17) is 14.2 Å². The van der Waals surface area contributed by atoms with Crippen molar-refractivity contribution in [3.05, 3.63) is 23.8 Å². The number of hydrogen-bond donors (Lipinski definition) is 0. The van der Waals surface area contributed by atoms with E-state index in [0.717, 1.165) is 12.8 Å². The summed E-state index contributed by atoms with van der Waals surface area (Å²) in [5.74, 6) is 1.05. The van der Waals surface area contributed by atoms with Crippen LogP contribution >= 0.6 is 0 Å². The van der Waals surface area contributed by atoms with Gasteiger partial charge in [0.15, 0.2) is 0 Å². The van der Waals surface area contributed by atoms with E-state index < -0.39 is 0 Å². The van der Waals surface area contributed by atoms with Crippen LogP contribution in [0.4, 0.5) is 0 Å². The maximum absolute atomic E-state index is 13.0. The molecule has 7 nitrogen and oxygen atoms in total. The normalized spacial score (nSPS) is 20.6. The van der Waals surface area contributed by atoms with Gasteiger partial charge >= 0.3 is 0 Å². The maximum atomic E-state index is 13.0. The summed E-state index contributed by atoms with van der Waals surface area (Å²) in [6.07, 6.45) is 1.65. The maximum Gasteiger partial charge on any atom is 0.254 e. The molecule has 7 heteroatoms. The van der Waals surface area contributed by atoms with Crippen molar-refractivity contribution in [2.75, 3.05) is 53.6 Å². The fourth-order valence-corrected chi connectivity index (χ4v) is 3.52. The Kier molecular flexibility index (Phi) is 5.98. The second-order valence-electron chi connectivity index (χ2n) is 6.63. The minimum atomic E-state index is -0.140. The molecule has 1 unspecified atom stereocenters. The first-order chi connectivity index (χ1) is 12.6. The molecule has 1 aromatic carbocycles. The summed E-state index contributed by atoms with van der Waals surface area (Å²) >= 11 is 0. The van der Waals surface area contributed by atoms with E-state index in [1.807, 2.05) is 4.90 Å². The number of rotatable bonds is 4. The van der Waals surface area contributed by atoms with Gasteiger partial charge in [-0.15, -0.1) is 0 Å². The average molecular weight is 362 g/mol. The summed E-state index contributed by atoms with van der Waals surface area (Å²) < 4.78 is 15.8. The lowest BCUT2D eigenvalue weighted by Crippen LogP contribution is -2.49. The third-order valence-corrected chi connectivity index (χ3v) is 4.98. The van der Waals surface area contributed by atoms with Gasteiger partial charge in [-0.3, -0.25) is 9.59 Å². The Hall–Kier alpha value is -2.28. The van der Waals surface area contributed by atoms with Gasteiger partial charge in [0, 0.05) is 37.8 Å². The Labute approximate surface area is 153 Å². The van der Waals surface area contributed by atoms with Crippen molar-refractivity contribution in [1.29, 1.82) is 0 Å². The lowest BCUT2D eigenvalue weighted by molar-refractivity contribution is -0.141. The van der Waals surface area contributed by atoms with E-state index in [9.17, 15) is 9.59 Å². The number of methoxy groups -OCH3 is 2. The van der Waals surface area contributed by atoms with Crippen LogP contribution in [0.15, 0.2) is 18.2 Å². The van der Waals surface area contributed by atoms with Crippen molar-refractivity contribution in [2.45, 2.75) is 12.8 Å². The quantitative estimate of drug-likeness (QED) is 0.810. The van der Waals surface area contributed by atoms with Gasteiger partial charge in [-0.2, -0.15) is 0 Å². The largest absolute Gasteiger partial charge is 0.497 e. The van der Waals surface area contributed by atoms with Gasteiger partial charge in [-0.1, -0.05) is 0 Å². The Bertz CT molecular complexity index is 635. The molecular formula is C19H26N2O5. The summed E-state index contributed by atoms with van der Waals surface area (Å²) in [5, 5.41) is 0. The topological polar surface area (TPSA) is 68.3 Å². The van der Waals surface area contributed by atoms with Gasteiger partial charge in [0.1, 0.15) is 11.5 Å². The molecule has 0 aromatic heterocycles. The minimum absolute atomic E-state index is 0.0957. The first kappa shape index (κ1) is 18.5. The molecule has 3 rings (SSSR count). The Balaban J connectivity index is 1.70. The molecule has 0 saturated carbocycles. The average Bonchev–Trinajstić information content (AvgIpc) is 2.72. The van der Waals surface area contributed by atoms with E-state index in [1.165, 1.54) is 0 Å². The van der Waals surface area contributed by atoms with Crippen molar-refractivity contribution in [3.8, 4) is 11.5 Å². The smallest absolute Gasteiger partial charge is 0.254 e. The van der Waals surface area contributed by atoms with Gasteiger partial charge in [-0.25, -0.2) is 0 Å². The number of amides is 2. The highest BCUT2D eigenvalue weighted by atomic mass is 16.5. The van der Waals surface area contributed by atoms with E-state index in [2.05, 4.69) is 0 Å². The molecule has 2 amide bonds. The van der Waals surface area contributed by atoms with Gasteiger partial charge < -0.3 is 24.0 Å². The van der Waals surface area contributed by atoms with Crippen LogP contribution in [0.5, 0.6) is 11.5 Å². The van der Waals surface area contributed by atoms with Gasteiger partial charge in [0.2, 0.25) is 5.91 Å². The zero-order chi connectivity index (χ0) is 18.5. The number of benzene rings is 1. The van der Waals surface area contributed by atoms with Crippen molar-refractivity contribution in [1.82, 2.24) is 9.80 Å². The molecule has 0 radical (unpaired) electrons. The fraction of sp³-hybridized carbons (Fsp3) is 0.579. The summed E-state index contributed by atoms with van der Waals surface area (Å²) in [4.78, 5) is 29.3. The van der Waals surface area contributed by atoms with Crippen LogP contribution in [-0.2, 0) is 9.53 Å². The molecular weight excluding hydrogens is 336 g/mol. The number of hydrogen-bond acceptors (Lipinski definition) is 5. The summed E-state index contributed by atoms with van der Waals surface area (Å²) in [6.45, 7) is 3.56. The second kappa shape index (κ2) is 8.40. The molecule has 0 N–H and O–H groups in total. The number of carbonyl (C=O) groups is 2. The Morgan fingerprint density at radius 2 is 1.65 bits per heavy atom. The van der Waals surface area contributed by atoms with E-state index in [1.54, 1.807) is 37.3 Å². The third-order valence-electron chi connectivity index (χ3n) is 4.98. The summed E-state index contributed by atoms with van der Waals surface area (Å²) in [6, 6.07) is 5.15. The van der Waals surface area contributed by atoms with Gasteiger partial charge in [-0.05, 0) is 25.0 Å². The van der Waals surface area contributed by atoms with Crippen molar-refractivity contribution in [2.24, 2.45) is 5.92 Å². The van der Waals surface area contributed by atoms with Crippen molar-refractivity contribution >= 4 is 11.8 Å². The predicted octanol–water partition coefficient (Wildman–Crippen LogP) is 1.41. The zero-order valence-corrected chi connectivity index (χ0v) is 15.4. The second-order valence-corrected chi connectivity index (χ2v) is 6.63. The molecule has 2 aliphatic heterocycles. The number of carbonyl (C=O) groups excluding carboxylic acids is 2. The lowest BCUT2D eigenvalue weighted by atomic mass is 9.95. The van der Waals surface area contributed by atoms with Crippen LogP contribution in [0.3, 0.4) is 0 Å². The molecule has 2 aliphatic rings. The fourth-order valence-electron chi connectivity index (χ4n) is 3.52. The predicted molar refractivity (Wildman–Crippen MR) is 95.6 cm³/mol. The zero-order valence-electron chi connectivity index (χ0n) is 15.4. The van der Waals surface area contributed by atoms with Crippen LogP contribution in [-0.4, -0.2) is 75.2 Å². The van der Waals surface area contributed by atoms with Crippen LogP contribution in [0.25, 0.3) is 0 Å².